The lowest BCUT2D eigenvalue weighted by Crippen LogP contribution is -2.42. The Labute approximate surface area is 240 Å². The summed E-state index contributed by atoms with van der Waals surface area (Å²) in [5.41, 5.74) is 8.55. The van der Waals surface area contributed by atoms with E-state index in [1.54, 1.807) is 0 Å². The van der Waals surface area contributed by atoms with Crippen molar-refractivity contribution in [3.8, 4) is 0 Å². The van der Waals surface area contributed by atoms with Crippen molar-refractivity contribution in [2.45, 2.75) is 96.9 Å². The van der Waals surface area contributed by atoms with Gasteiger partial charge in [0.05, 0.1) is 0 Å². The molecule has 1 aromatic carbocycles. The van der Waals surface area contributed by atoms with Gasteiger partial charge in [0.2, 0.25) is 5.95 Å². The van der Waals surface area contributed by atoms with Gasteiger partial charge in [0.15, 0.2) is 17.0 Å². The van der Waals surface area contributed by atoms with Gasteiger partial charge in [-0.15, -0.1) is 0 Å². The summed E-state index contributed by atoms with van der Waals surface area (Å²) in [5.74, 6) is 1.02. The van der Waals surface area contributed by atoms with Crippen molar-refractivity contribution in [3.05, 3.63) is 30.1 Å². The number of alkyl carbamates (subject to hydrolysis) is 1. The first-order valence-electron chi connectivity index (χ1n) is 14.2. The number of aromatic nitrogens is 4. The van der Waals surface area contributed by atoms with Crippen LogP contribution in [-0.2, 0) is 15.9 Å². The smallest absolute Gasteiger partial charge is 0.421 e. The van der Waals surface area contributed by atoms with E-state index in [-0.39, 0.29) is 12.1 Å². The fourth-order valence-corrected chi connectivity index (χ4v) is 5.26. The van der Waals surface area contributed by atoms with Crippen LogP contribution in [0.1, 0.15) is 72.8 Å². The van der Waals surface area contributed by atoms with Crippen LogP contribution < -0.4 is 21.3 Å². The molecule has 0 bridgehead atoms. The third kappa shape index (κ3) is 6.63. The van der Waals surface area contributed by atoms with Crippen LogP contribution in [0.2, 0.25) is 0 Å². The number of nitrogens with two attached hydrogens (primary N) is 1. The predicted octanol–water partition coefficient (Wildman–Crippen LogP) is 5.13. The summed E-state index contributed by atoms with van der Waals surface area (Å²) >= 11 is 0. The molecular weight excluding hydrogens is 524 g/mol. The number of nitrogen functional groups attached to an aromatic ring is 1. The molecule has 3 aromatic rings. The highest BCUT2D eigenvalue weighted by molar-refractivity contribution is 5.93. The molecule has 0 radical (unpaired) electrons. The number of nitrogens with one attached hydrogen (secondary N) is 2. The van der Waals surface area contributed by atoms with E-state index in [0.717, 1.165) is 43.4 Å². The molecule has 0 saturated heterocycles. The second kappa shape index (κ2) is 10.7. The third-order valence-corrected chi connectivity index (χ3v) is 7.00. The number of benzene rings is 1. The fourth-order valence-electron chi connectivity index (χ4n) is 5.26. The largest absolute Gasteiger partial charge is 0.444 e. The van der Waals surface area contributed by atoms with Gasteiger partial charge in [-0.2, -0.15) is 9.97 Å². The van der Waals surface area contributed by atoms with Gasteiger partial charge in [-0.3, -0.25) is 0 Å². The summed E-state index contributed by atoms with van der Waals surface area (Å²) in [6, 6.07) is 5.99. The summed E-state index contributed by atoms with van der Waals surface area (Å²) in [4.78, 5) is 41.6. The van der Waals surface area contributed by atoms with Crippen molar-refractivity contribution in [1.29, 1.82) is 0 Å². The standard InChI is InChI=1S/C29H40N8O4/c1-28(2,3)40-26(38)33-20-10-8-19(9-11-20)32-25-34-23(36-14-13-17-15-18(30)7-12-21(17)36)22-24(35-25)37(16-31-22)27(39)41-29(4,5)6/h7,12,15-16,19-20H,8-11,13-14,30H2,1-6H3,(H,33,38)(H,32,34,35). The fraction of sp³-hybridized carbons (Fsp3) is 0.552. The maximum Gasteiger partial charge on any atom is 0.421 e. The van der Waals surface area contributed by atoms with Gasteiger partial charge in [0.1, 0.15) is 17.5 Å². The number of fused-ring (bicyclic) bond motifs is 2. The minimum Gasteiger partial charge on any atom is -0.444 e. The number of anilines is 4. The number of rotatable bonds is 4. The zero-order valence-corrected chi connectivity index (χ0v) is 24.7. The Bertz CT molecular complexity index is 1450. The topological polar surface area (TPSA) is 150 Å². The monoisotopic (exact) mass is 564 g/mol. The minimum atomic E-state index is -0.676. The lowest BCUT2D eigenvalue weighted by molar-refractivity contribution is 0.0489. The lowest BCUT2D eigenvalue weighted by atomic mass is 9.91. The number of nitrogens with zero attached hydrogens (tertiary/aromatic N) is 5. The van der Waals surface area contributed by atoms with E-state index in [9.17, 15) is 9.59 Å². The van der Waals surface area contributed by atoms with E-state index < -0.39 is 23.4 Å². The predicted molar refractivity (Wildman–Crippen MR) is 158 cm³/mol. The second-order valence-corrected chi connectivity index (χ2v) is 12.8. The number of ether oxygens (including phenoxy) is 2. The average molecular weight is 565 g/mol. The summed E-state index contributed by atoms with van der Waals surface area (Å²) in [7, 11) is 0. The Morgan fingerprint density at radius 3 is 2.34 bits per heavy atom. The highest BCUT2D eigenvalue weighted by Crippen LogP contribution is 2.38. The number of amides is 1. The summed E-state index contributed by atoms with van der Waals surface area (Å²) in [6.07, 6.45) is 4.52. The van der Waals surface area contributed by atoms with Gasteiger partial charge in [-0.05, 0) is 97.4 Å². The molecule has 0 atom stereocenters. The van der Waals surface area contributed by atoms with Crippen LogP contribution in [-0.4, -0.2) is 61.5 Å². The number of hydrogen-bond donors (Lipinski definition) is 3. The maximum atomic E-state index is 13.1. The molecule has 0 spiro atoms. The van der Waals surface area contributed by atoms with Crippen molar-refractivity contribution in [2.75, 3.05) is 22.5 Å². The van der Waals surface area contributed by atoms with Crippen molar-refractivity contribution in [3.63, 3.8) is 0 Å². The van der Waals surface area contributed by atoms with Gasteiger partial charge in [0.25, 0.3) is 0 Å². The average Bonchev–Trinajstić information content (AvgIpc) is 3.46. The van der Waals surface area contributed by atoms with E-state index in [1.165, 1.54) is 10.9 Å². The maximum absolute atomic E-state index is 13.1. The van der Waals surface area contributed by atoms with Crippen LogP contribution in [0, 0.1) is 0 Å². The second-order valence-electron chi connectivity index (χ2n) is 12.8. The quantitative estimate of drug-likeness (QED) is 0.364. The molecule has 5 rings (SSSR count). The zero-order chi connectivity index (χ0) is 29.5. The molecule has 220 valence electrons. The van der Waals surface area contributed by atoms with Gasteiger partial charge in [-0.25, -0.2) is 19.1 Å². The molecule has 2 aromatic heterocycles. The Balaban J connectivity index is 1.40. The molecule has 4 N–H and O–H groups in total. The van der Waals surface area contributed by atoms with Crippen LogP contribution in [0.3, 0.4) is 0 Å². The van der Waals surface area contributed by atoms with Crippen LogP contribution in [0.5, 0.6) is 0 Å². The molecular formula is C29H40N8O4. The molecule has 1 amide bonds. The number of carbonyl (C=O) groups excluding carboxylic acids is 2. The molecule has 2 aliphatic rings. The normalized spacial score (nSPS) is 19.1. The van der Waals surface area contributed by atoms with Crippen molar-refractivity contribution >= 4 is 46.5 Å². The van der Waals surface area contributed by atoms with E-state index in [0.29, 0.717) is 35.2 Å². The number of carbonyl (C=O) groups is 2. The molecule has 1 saturated carbocycles. The highest BCUT2D eigenvalue weighted by Gasteiger charge is 2.30. The molecule has 1 aliphatic carbocycles. The Hall–Kier alpha value is -4.09. The lowest BCUT2D eigenvalue weighted by Gasteiger charge is -2.30. The van der Waals surface area contributed by atoms with Crippen molar-refractivity contribution < 1.29 is 19.1 Å². The molecule has 1 aliphatic heterocycles. The van der Waals surface area contributed by atoms with Crippen LogP contribution in [0.25, 0.3) is 11.2 Å². The van der Waals surface area contributed by atoms with Gasteiger partial charge >= 0.3 is 12.2 Å². The Kier molecular flexibility index (Phi) is 7.43. The van der Waals surface area contributed by atoms with E-state index in [1.807, 2.05) is 59.7 Å². The van der Waals surface area contributed by atoms with Gasteiger partial charge in [-0.1, -0.05) is 0 Å². The van der Waals surface area contributed by atoms with Crippen LogP contribution >= 0.6 is 0 Å². The molecule has 0 unspecified atom stereocenters. The van der Waals surface area contributed by atoms with Crippen LogP contribution in [0.15, 0.2) is 24.5 Å². The molecule has 3 heterocycles. The molecule has 1 fully saturated rings. The summed E-state index contributed by atoms with van der Waals surface area (Å²) in [6.45, 7) is 11.7. The molecule has 12 heteroatoms. The SMILES string of the molecule is CC(C)(C)OC(=O)NC1CCC(Nc2nc(N3CCc4cc(N)ccc43)c3ncn(C(=O)OC(C)(C)C)c3n2)CC1. The molecule has 41 heavy (non-hydrogen) atoms. The summed E-state index contributed by atoms with van der Waals surface area (Å²) in [5, 5.41) is 6.46. The third-order valence-electron chi connectivity index (χ3n) is 7.00. The van der Waals surface area contributed by atoms with Crippen molar-refractivity contribution in [2.24, 2.45) is 0 Å². The highest BCUT2D eigenvalue weighted by atomic mass is 16.6. The first-order valence-corrected chi connectivity index (χ1v) is 14.2. The minimum absolute atomic E-state index is 0.0454. The first kappa shape index (κ1) is 28.4. The number of hydrogen-bond acceptors (Lipinski definition) is 10. The Morgan fingerprint density at radius 2 is 1.66 bits per heavy atom. The number of imidazole rings is 1. The van der Waals surface area contributed by atoms with Gasteiger partial charge in [0, 0.05) is 30.0 Å². The van der Waals surface area contributed by atoms with Gasteiger partial charge < -0.3 is 30.7 Å². The van der Waals surface area contributed by atoms with Crippen molar-refractivity contribution in [1.82, 2.24) is 24.8 Å². The Morgan fingerprint density at radius 1 is 0.976 bits per heavy atom. The van der Waals surface area contributed by atoms with Crippen LogP contribution in [0.4, 0.5) is 32.7 Å². The van der Waals surface area contributed by atoms with E-state index >= 15 is 0 Å². The van der Waals surface area contributed by atoms with E-state index in [2.05, 4.69) is 20.5 Å². The summed E-state index contributed by atoms with van der Waals surface area (Å²) < 4.78 is 12.4. The molecule has 12 nitrogen and oxygen atoms in total. The first-order chi connectivity index (χ1) is 19.3. The zero-order valence-electron chi connectivity index (χ0n) is 24.7. The van der Waals surface area contributed by atoms with E-state index in [4.69, 9.17) is 25.2 Å².